The first kappa shape index (κ1) is 16.8. The van der Waals surface area contributed by atoms with Crippen molar-refractivity contribution in [3.63, 3.8) is 0 Å². The third-order valence-electron chi connectivity index (χ3n) is 5.10. The van der Waals surface area contributed by atoms with E-state index >= 15 is 0 Å². The smallest absolute Gasteiger partial charge is 0.164 e. The van der Waals surface area contributed by atoms with E-state index in [0.717, 1.165) is 17.6 Å². The van der Waals surface area contributed by atoms with Crippen LogP contribution < -0.4 is 9.80 Å². The molecular formula is C21H23N2S2+. The number of thioether (sulfide) groups is 2. The maximum absolute atomic E-state index is 3.49. The van der Waals surface area contributed by atoms with E-state index in [2.05, 4.69) is 85.9 Å². The number of hydrogen-bond acceptors (Lipinski definition) is 3. The number of allylic oxidation sites excluding steroid dienone is 2. The number of nitrogens with zero attached hydrogens (tertiary/aromatic N) is 1. The SMILES string of the molecule is CC[N+]1(CC)c2ccccc2SC1/C=C/C=C1\Nc2ccccc2S1. The quantitative estimate of drug-likeness (QED) is 0.658. The highest BCUT2D eigenvalue weighted by Gasteiger charge is 2.43. The Balaban J connectivity index is 1.55. The van der Waals surface area contributed by atoms with Crippen LogP contribution in [0.5, 0.6) is 0 Å². The van der Waals surface area contributed by atoms with Gasteiger partial charge in [0, 0.05) is 11.0 Å². The summed E-state index contributed by atoms with van der Waals surface area (Å²) in [6, 6.07) is 17.3. The summed E-state index contributed by atoms with van der Waals surface area (Å²) in [6.45, 7) is 6.84. The van der Waals surface area contributed by atoms with Crippen LogP contribution in [0.15, 0.2) is 81.6 Å². The largest absolute Gasteiger partial charge is 0.349 e. The second-order valence-electron chi connectivity index (χ2n) is 6.28. The lowest BCUT2D eigenvalue weighted by molar-refractivity contribution is 0.314. The molecule has 0 bridgehead atoms. The summed E-state index contributed by atoms with van der Waals surface area (Å²) in [6.07, 6.45) is 6.80. The zero-order valence-corrected chi connectivity index (χ0v) is 16.2. The standard InChI is InChI=1S/C21H23N2S2/c1-3-23(4-2)17-11-6-8-13-19(17)25-21(23)15-9-14-20-22-16-10-5-7-12-18(16)24-20/h5-15,21-22H,3-4H2,1-2H3/q+1/b15-9+,20-14+. The first-order chi connectivity index (χ1) is 12.3. The van der Waals surface area contributed by atoms with Gasteiger partial charge in [-0.05, 0) is 44.2 Å². The van der Waals surface area contributed by atoms with Gasteiger partial charge in [0.25, 0.3) is 0 Å². The first-order valence-electron chi connectivity index (χ1n) is 8.82. The monoisotopic (exact) mass is 367 g/mol. The van der Waals surface area contributed by atoms with Crippen molar-refractivity contribution in [1.29, 1.82) is 0 Å². The topological polar surface area (TPSA) is 12.0 Å². The number of rotatable bonds is 4. The third kappa shape index (κ3) is 2.92. The molecule has 4 rings (SSSR count). The summed E-state index contributed by atoms with van der Waals surface area (Å²) in [7, 11) is 0. The molecule has 0 amide bonds. The number of likely N-dealkylation sites (N-methyl/N-ethyl adjacent to an activating group) is 1. The van der Waals surface area contributed by atoms with Crippen LogP contribution in [-0.4, -0.2) is 18.5 Å². The Morgan fingerprint density at radius 1 is 1.00 bits per heavy atom. The average Bonchev–Trinajstić information content (AvgIpc) is 3.20. The van der Waals surface area contributed by atoms with E-state index < -0.39 is 0 Å². The van der Waals surface area contributed by atoms with Gasteiger partial charge in [-0.3, -0.25) is 4.48 Å². The van der Waals surface area contributed by atoms with Crippen LogP contribution in [0.2, 0.25) is 0 Å². The van der Waals surface area contributed by atoms with E-state index in [1.807, 2.05) is 11.8 Å². The Kier molecular flexibility index (Phi) is 4.67. The predicted octanol–water partition coefficient (Wildman–Crippen LogP) is 6.08. The molecule has 2 aliphatic heterocycles. The minimum atomic E-state index is 0.443. The summed E-state index contributed by atoms with van der Waals surface area (Å²) >= 11 is 3.80. The van der Waals surface area contributed by atoms with Crippen LogP contribution in [0.4, 0.5) is 11.4 Å². The second-order valence-corrected chi connectivity index (χ2v) is 8.52. The fraction of sp³-hybridized carbons (Fsp3) is 0.238. The van der Waals surface area contributed by atoms with Gasteiger partial charge in [-0.1, -0.05) is 53.9 Å². The van der Waals surface area contributed by atoms with Crippen molar-refractivity contribution in [3.8, 4) is 0 Å². The molecule has 1 atom stereocenters. The van der Waals surface area contributed by atoms with Crippen LogP contribution in [0.1, 0.15) is 13.8 Å². The summed E-state index contributed by atoms with van der Waals surface area (Å²) in [5.74, 6) is 0. The van der Waals surface area contributed by atoms with Gasteiger partial charge in [0.05, 0.1) is 28.7 Å². The summed E-state index contributed by atoms with van der Waals surface area (Å²) in [4.78, 5) is 2.73. The van der Waals surface area contributed by atoms with Crippen molar-refractivity contribution in [1.82, 2.24) is 4.48 Å². The number of para-hydroxylation sites is 2. The number of nitrogens with one attached hydrogen (secondary N) is 1. The molecule has 0 fully saturated rings. The summed E-state index contributed by atoms with van der Waals surface area (Å²) in [5, 5.41) is 5.13. The lowest BCUT2D eigenvalue weighted by Gasteiger charge is -2.36. The van der Waals surface area contributed by atoms with E-state index in [0.29, 0.717) is 5.37 Å². The Morgan fingerprint density at radius 3 is 2.48 bits per heavy atom. The molecule has 0 saturated carbocycles. The van der Waals surface area contributed by atoms with Crippen LogP contribution in [0, 0.1) is 0 Å². The molecular weight excluding hydrogens is 344 g/mol. The highest BCUT2D eigenvalue weighted by molar-refractivity contribution is 8.03. The number of anilines is 1. The first-order valence-corrected chi connectivity index (χ1v) is 10.5. The molecule has 0 aromatic heterocycles. The average molecular weight is 368 g/mol. The molecule has 2 nitrogen and oxygen atoms in total. The van der Waals surface area contributed by atoms with Gasteiger partial charge in [0.1, 0.15) is 5.69 Å². The fourth-order valence-corrected chi connectivity index (χ4v) is 6.16. The van der Waals surface area contributed by atoms with Crippen LogP contribution in [0.25, 0.3) is 0 Å². The van der Waals surface area contributed by atoms with E-state index in [4.69, 9.17) is 0 Å². The number of fused-ring (bicyclic) bond motifs is 2. The van der Waals surface area contributed by atoms with Gasteiger partial charge >= 0.3 is 0 Å². The molecule has 0 saturated heterocycles. The Hall–Kier alpha value is -1.62. The highest BCUT2D eigenvalue weighted by atomic mass is 32.2. The second kappa shape index (κ2) is 6.94. The van der Waals surface area contributed by atoms with Gasteiger partial charge in [0.15, 0.2) is 5.37 Å². The molecule has 0 radical (unpaired) electrons. The molecule has 4 heteroatoms. The Bertz CT molecular complexity index is 810. The van der Waals surface area contributed by atoms with Crippen molar-refractivity contribution < 1.29 is 0 Å². The Morgan fingerprint density at radius 2 is 1.72 bits per heavy atom. The maximum atomic E-state index is 3.49. The number of benzene rings is 2. The molecule has 25 heavy (non-hydrogen) atoms. The van der Waals surface area contributed by atoms with E-state index in [-0.39, 0.29) is 0 Å². The molecule has 2 aromatic carbocycles. The molecule has 2 aliphatic rings. The van der Waals surface area contributed by atoms with E-state index in [9.17, 15) is 0 Å². The molecule has 128 valence electrons. The maximum Gasteiger partial charge on any atom is 0.164 e. The van der Waals surface area contributed by atoms with Crippen molar-refractivity contribution >= 4 is 34.9 Å². The molecule has 0 aliphatic carbocycles. The third-order valence-corrected chi connectivity index (χ3v) is 7.53. The normalized spacial score (nSPS) is 22.2. The van der Waals surface area contributed by atoms with Gasteiger partial charge in [-0.15, -0.1) is 0 Å². The van der Waals surface area contributed by atoms with Gasteiger partial charge in [0.2, 0.25) is 0 Å². The highest BCUT2D eigenvalue weighted by Crippen LogP contribution is 2.49. The minimum absolute atomic E-state index is 0.443. The van der Waals surface area contributed by atoms with Crippen molar-refractivity contribution in [2.75, 3.05) is 18.4 Å². The van der Waals surface area contributed by atoms with Gasteiger partial charge < -0.3 is 5.32 Å². The molecule has 1 N–H and O–H groups in total. The van der Waals surface area contributed by atoms with Crippen LogP contribution in [-0.2, 0) is 0 Å². The number of quaternary nitrogens is 1. The van der Waals surface area contributed by atoms with Crippen LogP contribution in [0.3, 0.4) is 0 Å². The zero-order valence-electron chi connectivity index (χ0n) is 14.6. The molecule has 2 heterocycles. The zero-order chi connectivity index (χ0) is 17.3. The molecule has 1 unspecified atom stereocenters. The summed E-state index contributed by atoms with van der Waals surface area (Å²) in [5.41, 5.74) is 2.68. The lowest BCUT2D eigenvalue weighted by Crippen LogP contribution is -2.52. The van der Waals surface area contributed by atoms with Crippen molar-refractivity contribution in [2.24, 2.45) is 0 Å². The predicted molar refractivity (Wildman–Crippen MR) is 112 cm³/mol. The molecule has 2 aromatic rings. The van der Waals surface area contributed by atoms with E-state index in [1.54, 1.807) is 11.8 Å². The van der Waals surface area contributed by atoms with Gasteiger partial charge in [-0.25, -0.2) is 0 Å². The fourth-order valence-electron chi connectivity index (χ4n) is 3.67. The van der Waals surface area contributed by atoms with Gasteiger partial charge in [-0.2, -0.15) is 0 Å². The Labute approximate surface area is 158 Å². The summed E-state index contributed by atoms with van der Waals surface area (Å²) < 4.78 is 1.03. The lowest BCUT2D eigenvalue weighted by atomic mass is 10.2. The van der Waals surface area contributed by atoms with Crippen molar-refractivity contribution in [2.45, 2.75) is 29.0 Å². The van der Waals surface area contributed by atoms with Crippen LogP contribution >= 0.6 is 23.5 Å². The molecule has 0 spiro atoms. The minimum Gasteiger partial charge on any atom is -0.349 e. The number of hydrogen-bond donors (Lipinski definition) is 1. The van der Waals surface area contributed by atoms with E-state index in [1.165, 1.54) is 26.2 Å². The van der Waals surface area contributed by atoms with Crippen molar-refractivity contribution in [3.05, 3.63) is 71.8 Å².